The standard InChI is InChI=1S/C20H21NO4/c22-18(13-14-24-17-9-5-2-6-10-17)25-19(15-7-3-1-4-8-15)20(23)21-16-11-12-16/h1-10,16,19H,11-14H2,(H,21,23)/t19-/m1/s1. The van der Waals surface area contributed by atoms with Crippen LogP contribution in [0, 0.1) is 0 Å². The zero-order chi connectivity index (χ0) is 17.5. The van der Waals surface area contributed by atoms with Gasteiger partial charge < -0.3 is 14.8 Å². The van der Waals surface area contributed by atoms with Crippen molar-refractivity contribution in [2.75, 3.05) is 6.61 Å². The molecule has 1 amide bonds. The maximum absolute atomic E-state index is 12.4. The van der Waals surface area contributed by atoms with E-state index in [1.165, 1.54) is 0 Å². The first-order valence-electron chi connectivity index (χ1n) is 8.45. The van der Waals surface area contributed by atoms with Gasteiger partial charge in [0, 0.05) is 11.6 Å². The summed E-state index contributed by atoms with van der Waals surface area (Å²) in [5.74, 6) is -0.0388. The fourth-order valence-electron chi connectivity index (χ4n) is 2.36. The summed E-state index contributed by atoms with van der Waals surface area (Å²) in [5.41, 5.74) is 0.665. The molecule has 3 rings (SSSR count). The number of nitrogens with one attached hydrogen (secondary N) is 1. The van der Waals surface area contributed by atoms with Crippen molar-refractivity contribution in [2.24, 2.45) is 0 Å². The Morgan fingerprint density at radius 3 is 2.28 bits per heavy atom. The Bertz CT molecular complexity index is 698. The molecule has 5 heteroatoms. The topological polar surface area (TPSA) is 64.6 Å². The van der Waals surface area contributed by atoms with Gasteiger partial charge in [-0.3, -0.25) is 9.59 Å². The summed E-state index contributed by atoms with van der Waals surface area (Å²) < 4.78 is 10.9. The highest BCUT2D eigenvalue weighted by Crippen LogP contribution is 2.23. The molecule has 0 unspecified atom stereocenters. The molecule has 1 fully saturated rings. The van der Waals surface area contributed by atoms with Crippen molar-refractivity contribution in [2.45, 2.75) is 31.4 Å². The summed E-state index contributed by atoms with van der Waals surface area (Å²) in [5, 5.41) is 2.89. The Balaban J connectivity index is 1.55. The van der Waals surface area contributed by atoms with E-state index in [0.29, 0.717) is 11.3 Å². The van der Waals surface area contributed by atoms with E-state index in [4.69, 9.17) is 9.47 Å². The van der Waals surface area contributed by atoms with Crippen molar-refractivity contribution in [3.05, 3.63) is 66.2 Å². The van der Waals surface area contributed by atoms with Crippen LogP contribution in [0.4, 0.5) is 0 Å². The third kappa shape index (κ3) is 5.35. The lowest BCUT2D eigenvalue weighted by Gasteiger charge is -2.18. The molecule has 2 aromatic carbocycles. The molecule has 1 saturated carbocycles. The third-order valence-electron chi connectivity index (χ3n) is 3.83. The molecule has 1 aliphatic rings. The monoisotopic (exact) mass is 339 g/mol. The molecule has 0 saturated heterocycles. The van der Waals surface area contributed by atoms with Crippen LogP contribution in [0.5, 0.6) is 5.75 Å². The van der Waals surface area contributed by atoms with E-state index in [0.717, 1.165) is 12.8 Å². The van der Waals surface area contributed by atoms with Gasteiger partial charge in [-0.15, -0.1) is 0 Å². The molecule has 0 aromatic heterocycles. The number of esters is 1. The molecule has 2 aromatic rings. The minimum absolute atomic E-state index is 0.0783. The highest BCUT2D eigenvalue weighted by atomic mass is 16.6. The summed E-state index contributed by atoms with van der Waals surface area (Å²) in [6.07, 6.45) is 1.11. The quantitative estimate of drug-likeness (QED) is 0.751. The van der Waals surface area contributed by atoms with Crippen LogP contribution in [-0.2, 0) is 14.3 Å². The minimum Gasteiger partial charge on any atom is -0.493 e. The minimum atomic E-state index is -0.925. The van der Waals surface area contributed by atoms with Crippen LogP contribution in [0.2, 0.25) is 0 Å². The SMILES string of the molecule is O=C(CCOc1ccccc1)O[C@@H](C(=O)NC1CC1)c1ccccc1. The maximum Gasteiger partial charge on any atom is 0.310 e. The Morgan fingerprint density at radius 2 is 1.64 bits per heavy atom. The molecule has 0 bridgehead atoms. The van der Waals surface area contributed by atoms with E-state index in [-0.39, 0.29) is 25.0 Å². The molecule has 1 N–H and O–H groups in total. The normalized spacial score (nSPS) is 14.4. The molecule has 25 heavy (non-hydrogen) atoms. The molecule has 0 aliphatic heterocycles. The molecule has 130 valence electrons. The summed E-state index contributed by atoms with van der Waals surface area (Å²) >= 11 is 0. The summed E-state index contributed by atoms with van der Waals surface area (Å²) in [6, 6.07) is 18.5. The van der Waals surface area contributed by atoms with E-state index < -0.39 is 12.1 Å². The summed E-state index contributed by atoms with van der Waals surface area (Å²) in [6.45, 7) is 0.203. The second-order valence-electron chi connectivity index (χ2n) is 5.97. The number of hydrogen-bond acceptors (Lipinski definition) is 4. The smallest absolute Gasteiger partial charge is 0.310 e. The first-order chi connectivity index (χ1) is 12.2. The molecular formula is C20H21NO4. The largest absolute Gasteiger partial charge is 0.493 e. The first kappa shape index (κ1) is 17.0. The lowest BCUT2D eigenvalue weighted by atomic mass is 10.1. The number of hydrogen-bond donors (Lipinski definition) is 1. The summed E-state index contributed by atoms with van der Waals surface area (Å²) in [4.78, 5) is 24.5. The van der Waals surface area contributed by atoms with Crippen LogP contribution in [0.25, 0.3) is 0 Å². The predicted molar refractivity (Wildman–Crippen MR) is 93.0 cm³/mol. The van der Waals surface area contributed by atoms with Crippen molar-refractivity contribution in [3.63, 3.8) is 0 Å². The molecule has 1 atom stereocenters. The molecule has 5 nitrogen and oxygen atoms in total. The highest BCUT2D eigenvalue weighted by molar-refractivity contribution is 5.85. The van der Waals surface area contributed by atoms with E-state index >= 15 is 0 Å². The Kier molecular flexibility index (Phi) is 5.67. The number of carbonyl (C=O) groups excluding carboxylic acids is 2. The average molecular weight is 339 g/mol. The Labute approximate surface area is 147 Å². The van der Waals surface area contributed by atoms with Crippen molar-refractivity contribution in [3.8, 4) is 5.75 Å². The predicted octanol–water partition coefficient (Wildman–Crippen LogP) is 3.02. The van der Waals surface area contributed by atoms with Gasteiger partial charge >= 0.3 is 5.97 Å². The third-order valence-corrected chi connectivity index (χ3v) is 3.83. The van der Waals surface area contributed by atoms with Crippen LogP contribution in [0.1, 0.15) is 30.9 Å². The van der Waals surface area contributed by atoms with Gasteiger partial charge in [-0.25, -0.2) is 0 Å². The second kappa shape index (κ2) is 8.33. The number of ether oxygens (including phenoxy) is 2. The van der Waals surface area contributed by atoms with Crippen molar-refractivity contribution in [1.82, 2.24) is 5.32 Å². The average Bonchev–Trinajstić information content (AvgIpc) is 3.45. The van der Waals surface area contributed by atoms with Crippen LogP contribution < -0.4 is 10.1 Å². The van der Waals surface area contributed by atoms with Gasteiger partial charge in [-0.1, -0.05) is 48.5 Å². The van der Waals surface area contributed by atoms with Gasteiger partial charge in [0.2, 0.25) is 6.10 Å². The molecule has 0 spiro atoms. The van der Waals surface area contributed by atoms with Gasteiger partial charge in [0.15, 0.2) is 0 Å². The number of benzene rings is 2. The van der Waals surface area contributed by atoms with Crippen LogP contribution in [0.15, 0.2) is 60.7 Å². The molecule has 1 aliphatic carbocycles. The maximum atomic E-state index is 12.4. The fraction of sp³-hybridized carbons (Fsp3) is 0.300. The molecular weight excluding hydrogens is 318 g/mol. The number of amides is 1. The fourth-order valence-corrected chi connectivity index (χ4v) is 2.36. The Morgan fingerprint density at radius 1 is 1.00 bits per heavy atom. The number of carbonyl (C=O) groups is 2. The van der Waals surface area contributed by atoms with Gasteiger partial charge in [-0.2, -0.15) is 0 Å². The zero-order valence-electron chi connectivity index (χ0n) is 13.9. The van der Waals surface area contributed by atoms with Gasteiger partial charge in [0.05, 0.1) is 13.0 Å². The zero-order valence-corrected chi connectivity index (χ0v) is 13.9. The Hall–Kier alpha value is -2.82. The van der Waals surface area contributed by atoms with E-state index in [1.807, 2.05) is 48.5 Å². The van der Waals surface area contributed by atoms with Gasteiger partial charge in [0.1, 0.15) is 5.75 Å². The second-order valence-corrected chi connectivity index (χ2v) is 5.97. The number of para-hydroxylation sites is 1. The molecule has 0 heterocycles. The van der Waals surface area contributed by atoms with Crippen molar-refractivity contribution >= 4 is 11.9 Å². The van der Waals surface area contributed by atoms with Gasteiger partial charge in [-0.05, 0) is 25.0 Å². The van der Waals surface area contributed by atoms with E-state index in [1.54, 1.807) is 12.1 Å². The van der Waals surface area contributed by atoms with Crippen molar-refractivity contribution in [1.29, 1.82) is 0 Å². The highest BCUT2D eigenvalue weighted by Gasteiger charge is 2.30. The lowest BCUT2D eigenvalue weighted by molar-refractivity contribution is -0.157. The number of rotatable bonds is 8. The van der Waals surface area contributed by atoms with Gasteiger partial charge in [0.25, 0.3) is 5.91 Å². The van der Waals surface area contributed by atoms with E-state index in [2.05, 4.69) is 5.32 Å². The first-order valence-corrected chi connectivity index (χ1v) is 8.45. The van der Waals surface area contributed by atoms with Crippen LogP contribution in [0.3, 0.4) is 0 Å². The van der Waals surface area contributed by atoms with Crippen LogP contribution >= 0.6 is 0 Å². The van der Waals surface area contributed by atoms with Crippen LogP contribution in [-0.4, -0.2) is 24.5 Å². The van der Waals surface area contributed by atoms with E-state index in [9.17, 15) is 9.59 Å². The summed E-state index contributed by atoms with van der Waals surface area (Å²) in [7, 11) is 0. The lowest BCUT2D eigenvalue weighted by Crippen LogP contribution is -2.33. The van der Waals surface area contributed by atoms with Crippen molar-refractivity contribution < 1.29 is 19.1 Å². The molecule has 0 radical (unpaired) electrons.